The van der Waals surface area contributed by atoms with Crippen molar-refractivity contribution < 1.29 is 1.37 Å². The smallest absolute Gasteiger partial charge is 0.0686 e. The van der Waals surface area contributed by atoms with Gasteiger partial charge in [0.1, 0.15) is 0 Å². The topological polar surface area (TPSA) is 23.8 Å². The molecular formula is C8H13N. The van der Waals surface area contributed by atoms with Gasteiger partial charge in [0.2, 0.25) is 0 Å². The van der Waals surface area contributed by atoms with E-state index in [1.807, 2.05) is 6.92 Å². The first kappa shape index (κ1) is 5.29. The van der Waals surface area contributed by atoms with Gasteiger partial charge in [-0.3, -0.25) is 0 Å². The summed E-state index contributed by atoms with van der Waals surface area (Å²) in [6.45, 7) is 1.97. The van der Waals surface area contributed by atoms with Gasteiger partial charge < -0.3 is 0 Å². The Hall–Kier alpha value is -0.510. The van der Waals surface area contributed by atoms with E-state index in [0.717, 1.165) is 25.7 Å². The molecule has 0 N–H and O–H groups in total. The molecule has 0 aromatic rings. The molecule has 1 unspecified atom stereocenters. The molecule has 0 saturated heterocycles. The Balaban J connectivity index is 2.56. The van der Waals surface area contributed by atoms with Crippen molar-refractivity contribution in [3.05, 3.63) is 0 Å². The number of hydrogen-bond acceptors (Lipinski definition) is 1. The van der Waals surface area contributed by atoms with Crippen LogP contribution in [-0.4, -0.2) is 0 Å². The van der Waals surface area contributed by atoms with Gasteiger partial charge in [-0.15, -0.1) is 0 Å². The van der Waals surface area contributed by atoms with Crippen LogP contribution >= 0.6 is 0 Å². The van der Waals surface area contributed by atoms with Crippen molar-refractivity contribution in [3.8, 4) is 6.07 Å². The van der Waals surface area contributed by atoms with Crippen molar-refractivity contribution in [3.63, 3.8) is 0 Å². The Morgan fingerprint density at radius 3 is 2.78 bits per heavy atom. The van der Waals surface area contributed by atoms with Crippen LogP contribution in [0.25, 0.3) is 0 Å². The van der Waals surface area contributed by atoms with E-state index in [0.29, 0.717) is 0 Å². The van der Waals surface area contributed by atoms with Gasteiger partial charge in [0.15, 0.2) is 0 Å². The SMILES string of the molecule is [2H][C@@H]1CCCC(C)(C#N)C1. The highest BCUT2D eigenvalue weighted by molar-refractivity contribution is 4.96. The van der Waals surface area contributed by atoms with E-state index in [2.05, 4.69) is 6.07 Å². The van der Waals surface area contributed by atoms with Gasteiger partial charge >= 0.3 is 0 Å². The molecule has 50 valence electrons. The van der Waals surface area contributed by atoms with Gasteiger partial charge in [0.05, 0.1) is 11.5 Å². The second-order valence-corrected chi connectivity index (χ2v) is 3.06. The molecule has 0 aromatic heterocycles. The van der Waals surface area contributed by atoms with E-state index < -0.39 is 0 Å². The molecule has 0 aromatic carbocycles. The quantitative estimate of drug-likeness (QED) is 0.486. The fourth-order valence-electron chi connectivity index (χ4n) is 1.26. The molecule has 0 radical (unpaired) electrons. The zero-order chi connectivity index (χ0) is 7.61. The predicted octanol–water partition coefficient (Wildman–Crippen LogP) is 2.48. The highest BCUT2D eigenvalue weighted by Gasteiger charge is 2.25. The van der Waals surface area contributed by atoms with Crippen molar-refractivity contribution in [1.82, 2.24) is 0 Å². The molecule has 2 atom stereocenters. The van der Waals surface area contributed by atoms with E-state index in [9.17, 15) is 0 Å². The molecule has 0 bridgehead atoms. The van der Waals surface area contributed by atoms with Crippen LogP contribution in [-0.2, 0) is 0 Å². The fourth-order valence-corrected chi connectivity index (χ4v) is 1.26. The molecule has 0 spiro atoms. The Morgan fingerprint density at radius 2 is 2.33 bits per heavy atom. The maximum atomic E-state index is 8.73. The van der Waals surface area contributed by atoms with Gasteiger partial charge in [0, 0.05) is 1.37 Å². The minimum atomic E-state index is -0.190. The molecule has 9 heavy (non-hydrogen) atoms. The van der Waals surface area contributed by atoms with Gasteiger partial charge in [0.25, 0.3) is 0 Å². The monoisotopic (exact) mass is 124 g/mol. The molecule has 1 heteroatoms. The normalized spacial score (nSPS) is 45.3. The summed E-state index contributed by atoms with van der Waals surface area (Å²) in [4.78, 5) is 0. The van der Waals surface area contributed by atoms with Gasteiger partial charge in [-0.05, 0) is 19.8 Å². The van der Waals surface area contributed by atoms with Crippen LogP contribution in [0.2, 0.25) is 0 Å². The largest absolute Gasteiger partial charge is 0.198 e. The molecule has 0 amide bonds. The predicted molar refractivity (Wildman–Crippen MR) is 36.8 cm³/mol. The van der Waals surface area contributed by atoms with E-state index in [1.165, 1.54) is 0 Å². The Morgan fingerprint density at radius 1 is 1.56 bits per heavy atom. The first-order valence-electron chi connectivity index (χ1n) is 4.07. The zero-order valence-corrected chi connectivity index (χ0v) is 5.85. The molecule has 1 fully saturated rings. The first-order valence-corrected chi connectivity index (χ1v) is 3.50. The standard InChI is InChI=1S/C8H13N/c1-8(7-9)5-3-2-4-6-8/h2-6H2,1H3/i3D/t3-,8?/m1/s1. The highest BCUT2D eigenvalue weighted by atomic mass is 14.4. The van der Waals surface area contributed by atoms with Crippen LogP contribution < -0.4 is 0 Å². The van der Waals surface area contributed by atoms with E-state index in [1.54, 1.807) is 0 Å². The lowest BCUT2D eigenvalue weighted by Crippen LogP contribution is -2.16. The third-order valence-electron chi connectivity index (χ3n) is 2.00. The summed E-state index contributed by atoms with van der Waals surface area (Å²) in [6.07, 6.45) is 3.80. The molecule has 0 aliphatic heterocycles. The summed E-state index contributed by atoms with van der Waals surface area (Å²) in [5.41, 5.74) is -0.190. The lowest BCUT2D eigenvalue weighted by molar-refractivity contribution is 0.296. The highest BCUT2D eigenvalue weighted by Crippen LogP contribution is 2.34. The van der Waals surface area contributed by atoms with Crippen molar-refractivity contribution in [2.24, 2.45) is 5.41 Å². The zero-order valence-electron chi connectivity index (χ0n) is 6.85. The van der Waals surface area contributed by atoms with Crippen LogP contribution in [0.1, 0.15) is 40.4 Å². The summed E-state index contributed by atoms with van der Waals surface area (Å²) in [7, 11) is 0. The number of nitriles is 1. The molecular weight excluding hydrogens is 110 g/mol. The summed E-state index contributed by atoms with van der Waals surface area (Å²) < 4.78 is 7.48. The second-order valence-electron chi connectivity index (χ2n) is 3.06. The molecule has 1 saturated carbocycles. The van der Waals surface area contributed by atoms with Crippen molar-refractivity contribution in [2.45, 2.75) is 39.0 Å². The Bertz CT molecular complexity index is 161. The van der Waals surface area contributed by atoms with E-state index in [4.69, 9.17) is 6.63 Å². The molecule has 1 rings (SSSR count). The van der Waals surface area contributed by atoms with Crippen molar-refractivity contribution in [1.29, 1.82) is 5.26 Å². The van der Waals surface area contributed by atoms with Crippen LogP contribution in [0.3, 0.4) is 0 Å². The minimum Gasteiger partial charge on any atom is -0.198 e. The third-order valence-corrected chi connectivity index (χ3v) is 2.00. The number of rotatable bonds is 0. The molecule has 0 heterocycles. The molecule has 1 aliphatic rings. The van der Waals surface area contributed by atoms with Crippen molar-refractivity contribution >= 4 is 0 Å². The summed E-state index contributed by atoms with van der Waals surface area (Å²) in [5.74, 6) is 0. The van der Waals surface area contributed by atoms with Crippen LogP contribution in [0.15, 0.2) is 0 Å². The van der Waals surface area contributed by atoms with Gasteiger partial charge in [-0.2, -0.15) is 5.26 Å². The first-order chi connectivity index (χ1) is 4.66. The second kappa shape index (κ2) is 2.39. The fraction of sp³-hybridized carbons (Fsp3) is 0.875. The van der Waals surface area contributed by atoms with E-state index in [-0.39, 0.29) is 11.8 Å². The number of hydrogen-bond donors (Lipinski definition) is 0. The number of nitrogens with zero attached hydrogens (tertiary/aromatic N) is 1. The van der Waals surface area contributed by atoms with Crippen molar-refractivity contribution in [2.75, 3.05) is 0 Å². The lowest BCUT2D eigenvalue weighted by Gasteiger charge is -2.25. The summed E-state index contributed by atoms with van der Waals surface area (Å²) in [6, 6.07) is 2.29. The maximum absolute atomic E-state index is 8.73. The lowest BCUT2D eigenvalue weighted by atomic mass is 9.77. The maximum Gasteiger partial charge on any atom is 0.0686 e. The Labute approximate surface area is 58.1 Å². The van der Waals surface area contributed by atoms with Gasteiger partial charge in [-0.25, -0.2) is 0 Å². The molecule has 1 nitrogen and oxygen atoms in total. The van der Waals surface area contributed by atoms with Crippen LogP contribution in [0.5, 0.6) is 0 Å². The van der Waals surface area contributed by atoms with Gasteiger partial charge in [-0.1, -0.05) is 19.2 Å². The minimum absolute atomic E-state index is 0.0124. The van der Waals surface area contributed by atoms with E-state index >= 15 is 0 Å². The summed E-state index contributed by atoms with van der Waals surface area (Å²) >= 11 is 0. The van der Waals surface area contributed by atoms with Crippen LogP contribution in [0.4, 0.5) is 0 Å². The average Bonchev–Trinajstić information content (AvgIpc) is 1.88. The average molecular weight is 124 g/mol. The summed E-state index contributed by atoms with van der Waals surface area (Å²) in [5, 5.41) is 8.73. The van der Waals surface area contributed by atoms with Crippen LogP contribution in [0, 0.1) is 16.7 Å². The third kappa shape index (κ3) is 1.45. The Kier molecular flexibility index (Phi) is 1.40. The molecule has 1 aliphatic carbocycles.